The van der Waals surface area contributed by atoms with Gasteiger partial charge in [0.2, 0.25) is 0 Å². The van der Waals surface area contributed by atoms with Crippen LogP contribution in [0.2, 0.25) is 0 Å². The minimum absolute atomic E-state index is 0.247. The van der Waals surface area contributed by atoms with E-state index < -0.39 is 5.97 Å². The summed E-state index contributed by atoms with van der Waals surface area (Å²) in [4.78, 5) is 10.9. The zero-order chi connectivity index (χ0) is 9.26. The second-order valence-electron chi connectivity index (χ2n) is 3.89. The number of carboxylic acids is 1. The maximum Gasteiger partial charge on any atom is 0.310 e. The molecule has 0 aromatic carbocycles. The Bertz CT molecular complexity index is 265. The summed E-state index contributed by atoms with van der Waals surface area (Å²) in [7, 11) is 0. The molecule has 0 saturated heterocycles. The molecule has 0 spiro atoms. The van der Waals surface area contributed by atoms with Crippen molar-refractivity contribution in [2.45, 2.75) is 19.3 Å². The van der Waals surface area contributed by atoms with Crippen LogP contribution in [0.4, 0.5) is 0 Å². The summed E-state index contributed by atoms with van der Waals surface area (Å²) in [5.74, 6) is -0.00597. The molecule has 0 fully saturated rings. The highest BCUT2D eigenvalue weighted by Gasteiger charge is 2.34. The third kappa shape index (κ3) is 1.53. The fourth-order valence-corrected chi connectivity index (χ4v) is 2.41. The second kappa shape index (κ2) is 3.36. The Morgan fingerprint density at radius 2 is 1.85 bits per heavy atom. The van der Waals surface area contributed by atoms with Crippen molar-refractivity contribution in [1.82, 2.24) is 0 Å². The summed E-state index contributed by atoms with van der Waals surface area (Å²) in [6.07, 6.45) is 11.2. The minimum Gasteiger partial charge on any atom is -0.481 e. The standard InChI is InChI=1S/C11H14O2/c12-11(13)10-7-3-5-8-4-1-2-6-9(8)10/h1-3,7-10H,4-6H2,(H,12,13)/t8-,9-,10+/m0/s1. The first-order chi connectivity index (χ1) is 6.29. The van der Waals surface area contributed by atoms with Crippen molar-refractivity contribution in [3.8, 4) is 0 Å². The van der Waals surface area contributed by atoms with Crippen LogP contribution in [-0.2, 0) is 4.79 Å². The van der Waals surface area contributed by atoms with E-state index in [0.717, 1.165) is 19.3 Å². The molecule has 70 valence electrons. The second-order valence-corrected chi connectivity index (χ2v) is 3.89. The van der Waals surface area contributed by atoms with Gasteiger partial charge in [0.15, 0.2) is 0 Å². The van der Waals surface area contributed by atoms with Gasteiger partial charge in [0.1, 0.15) is 0 Å². The van der Waals surface area contributed by atoms with Crippen molar-refractivity contribution >= 4 is 5.97 Å². The number of aliphatic carboxylic acids is 1. The Morgan fingerprint density at radius 3 is 2.62 bits per heavy atom. The Morgan fingerprint density at radius 1 is 1.15 bits per heavy atom. The molecule has 0 saturated carbocycles. The lowest BCUT2D eigenvalue weighted by Crippen LogP contribution is -2.31. The number of hydrogen-bond donors (Lipinski definition) is 1. The molecular weight excluding hydrogens is 164 g/mol. The number of carboxylic acid groups (broad SMARTS) is 1. The van der Waals surface area contributed by atoms with Gasteiger partial charge < -0.3 is 5.11 Å². The highest BCUT2D eigenvalue weighted by Crippen LogP contribution is 2.38. The maximum atomic E-state index is 10.9. The lowest BCUT2D eigenvalue weighted by atomic mass is 9.70. The van der Waals surface area contributed by atoms with Crippen LogP contribution in [0.1, 0.15) is 19.3 Å². The van der Waals surface area contributed by atoms with Crippen LogP contribution in [0.3, 0.4) is 0 Å². The zero-order valence-corrected chi connectivity index (χ0v) is 7.52. The SMILES string of the molecule is O=C(O)[C@@H]1C=CC[C@@H]2CC=CC[C@@H]21. The highest BCUT2D eigenvalue weighted by molar-refractivity contribution is 5.73. The minimum atomic E-state index is -0.666. The van der Waals surface area contributed by atoms with E-state index in [1.807, 2.05) is 12.2 Å². The van der Waals surface area contributed by atoms with E-state index >= 15 is 0 Å². The first-order valence-corrected chi connectivity index (χ1v) is 4.83. The van der Waals surface area contributed by atoms with Gasteiger partial charge in [-0.1, -0.05) is 24.3 Å². The van der Waals surface area contributed by atoms with E-state index in [0.29, 0.717) is 11.8 Å². The number of allylic oxidation sites excluding steroid dienone is 3. The van der Waals surface area contributed by atoms with Crippen LogP contribution >= 0.6 is 0 Å². The number of hydrogen-bond acceptors (Lipinski definition) is 1. The van der Waals surface area contributed by atoms with Gasteiger partial charge >= 0.3 is 5.97 Å². The van der Waals surface area contributed by atoms with Crippen LogP contribution < -0.4 is 0 Å². The monoisotopic (exact) mass is 178 g/mol. The fourth-order valence-electron chi connectivity index (χ4n) is 2.41. The van der Waals surface area contributed by atoms with Gasteiger partial charge in [0.25, 0.3) is 0 Å². The molecule has 0 aliphatic heterocycles. The number of carbonyl (C=O) groups is 1. The third-order valence-electron chi connectivity index (χ3n) is 3.15. The van der Waals surface area contributed by atoms with E-state index in [-0.39, 0.29) is 5.92 Å². The zero-order valence-electron chi connectivity index (χ0n) is 7.52. The summed E-state index contributed by atoms with van der Waals surface area (Å²) >= 11 is 0. The molecule has 0 heterocycles. The number of fused-ring (bicyclic) bond motifs is 1. The van der Waals surface area contributed by atoms with Crippen LogP contribution in [0.15, 0.2) is 24.3 Å². The lowest BCUT2D eigenvalue weighted by Gasteiger charge is -2.33. The predicted molar refractivity (Wildman–Crippen MR) is 50.2 cm³/mol. The van der Waals surface area contributed by atoms with Crippen molar-refractivity contribution in [2.24, 2.45) is 17.8 Å². The molecular formula is C11H14O2. The van der Waals surface area contributed by atoms with Gasteiger partial charge in [-0.05, 0) is 31.1 Å². The molecule has 2 aliphatic rings. The van der Waals surface area contributed by atoms with Crippen LogP contribution in [0.25, 0.3) is 0 Å². The summed E-state index contributed by atoms with van der Waals surface area (Å²) in [6.45, 7) is 0. The first kappa shape index (κ1) is 8.54. The summed E-state index contributed by atoms with van der Waals surface area (Å²) in [5.41, 5.74) is 0. The summed E-state index contributed by atoms with van der Waals surface area (Å²) < 4.78 is 0. The Hall–Kier alpha value is -1.05. The molecule has 0 aromatic rings. The van der Waals surface area contributed by atoms with E-state index in [9.17, 15) is 4.79 Å². The van der Waals surface area contributed by atoms with Crippen molar-refractivity contribution < 1.29 is 9.90 Å². The van der Waals surface area contributed by atoms with Crippen molar-refractivity contribution in [1.29, 1.82) is 0 Å². The highest BCUT2D eigenvalue weighted by atomic mass is 16.4. The van der Waals surface area contributed by atoms with Gasteiger partial charge in [0.05, 0.1) is 5.92 Å². The lowest BCUT2D eigenvalue weighted by molar-refractivity contribution is -0.142. The number of rotatable bonds is 1. The molecule has 13 heavy (non-hydrogen) atoms. The van der Waals surface area contributed by atoms with E-state index in [4.69, 9.17) is 5.11 Å². The topological polar surface area (TPSA) is 37.3 Å². The van der Waals surface area contributed by atoms with Crippen molar-refractivity contribution in [3.05, 3.63) is 24.3 Å². The molecule has 0 radical (unpaired) electrons. The van der Waals surface area contributed by atoms with Crippen LogP contribution in [0.5, 0.6) is 0 Å². The van der Waals surface area contributed by atoms with Gasteiger partial charge in [-0.15, -0.1) is 0 Å². The molecule has 0 amide bonds. The molecule has 2 aliphatic carbocycles. The molecule has 0 aromatic heterocycles. The van der Waals surface area contributed by atoms with E-state index in [1.54, 1.807) is 0 Å². The van der Waals surface area contributed by atoms with Crippen LogP contribution in [-0.4, -0.2) is 11.1 Å². The molecule has 2 nitrogen and oxygen atoms in total. The van der Waals surface area contributed by atoms with Gasteiger partial charge in [-0.25, -0.2) is 0 Å². The fraction of sp³-hybridized carbons (Fsp3) is 0.545. The predicted octanol–water partition coefficient (Wildman–Crippen LogP) is 2.23. The van der Waals surface area contributed by atoms with Gasteiger partial charge in [-0.3, -0.25) is 4.79 Å². The average molecular weight is 178 g/mol. The van der Waals surface area contributed by atoms with Crippen molar-refractivity contribution in [2.75, 3.05) is 0 Å². The first-order valence-electron chi connectivity index (χ1n) is 4.83. The Balaban J connectivity index is 2.19. The molecule has 2 rings (SSSR count). The van der Waals surface area contributed by atoms with Gasteiger partial charge in [0, 0.05) is 0 Å². The third-order valence-corrected chi connectivity index (χ3v) is 3.15. The molecule has 0 bridgehead atoms. The Kier molecular flexibility index (Phi) is 2.21. The Labute approximate surface area is 78.0 Å². The molecule has 1 N–H and O–H groups in total. The molecule has 3 atom stereocenters. The van der Waals surface area contributed by atoms with Gasteiger partial charge in [-0.2, -0.15) is 0 Å². The van der Waals surface area contributed by atoms with Crippen LogP contribution in [0, 0.1) is 17.8 Å². The molecule has 0 unspecified atom stereocenters. The van der Waals surface area contributed by atoms with E-state index in [2.05, 4.69) is 12.2 Å². The largest absolute Gasteiger partial charge is 0.481 e. The van der Waals surface area contributed by atoms with E-state index in [1.165, 1.54) is 0 Å². The normalized spacial score (nSPS) is 37.1. The maximum absolute atomic E-state index is 10.9. The van der Waals surface area contributed by atoms with Crippen molar-refractivity contribution in [3.63, 3.8) is 0 Å². The average Bonchev–Trinajstić information content (AvgIpc) is 2.17. The molecule has 2 heteroatoms. The summed E-state index contributed by atoms with van der Waals surface area (Å²) in [5, 5.41) is 9.00. The quantitative estimate of drug-likeness (QED) is 0.625. The smallest absolute Gasteiger partial charge is 0.310 e. The summed E-state index contributed by atoms with van der Waals surface area (Å²) in [6, 6.07) is 0.